The molecule has 0 spiro atoms. The first-order chi connectivity index (χ1) is 16.6. The van der Waals surface area contributed by atoms with Crippen molar-refractivity contribution in [1.29, 1.82) is 0 Å². The Labute approximate surface area is 200 Å². The number of rotatable bonds is 8. The lowest BCUT2D eigenvalue weighted by atomic mass is 9.94. The minimum Gasteiger partial charge on any atom is -0.469 e. The Kier molecular flexibility index (Phi) is 8.31. The van der Waals surface area contributed by atoms with Gasteiger partial charge in [-0.15, -0.1) is 0 Å². The van der Waals surface area contributed by atoms with Gasteiger partial charge in [0.15, 0.2) is 0 Å². The summed E-state index contributed by atoms with van der Waals surface area (Å²) in [5.41, 5.74) is -0.696. The number of halogens is 3. The maximum absolute atomic E-state index is 13.3. The fraction of sp³-hybridized carbons (Fsp3) is 0.417. The Morgan fingerprint density at radius 1 is 1.14 bits per heavy atom. The maximum atomic E-state index is 13.3. The van der Waals surface area contributed by atoms with E-state index in [1.807, 2.05) is 30.3 Å². The fourth-order valence-electron chi connectivity index (χ4n) is 4.14. The number of ether oxygens (including phenoxy) is 1. The van der Waals surface area contributed by atoms with Gasteiger partial charge in [-0.05, 0) is 30.5 Å². The van der Waals surface area contributed by atoms with Crippen LogP contribution in [0.5, 0.6) is 0 Å². The number of nitro groups is 1. The lowest BCUT2D eigenvalue weighted by Gasteiger charge is -2.35. The summed E-state index contributed by atoms with van der Waals surface area (Å²) in [6.45, 7) is 1.06. The summed E-state index contributed by atoms with van der Waals surface area (Å²) in [5, 5.41) is 11.4. The Morgan fingerprint density at radius 2 is 1.80 bits per heavy atom. The topological polar surface area (TPSA) is 93.0 Å². The van der Waals surface area contributed by atoms with E-state index in [1.54, 1.807) is 9.80 Å². The van der Waals surface area contributed by atoms with Crippen molar-refractivity contribution in [2.24, 2.45) is 5.92 Å². The zero-order chi connectivity index (χ0) is 25.6. The third-order valence-corrected chi connectivity index (χ3v) is 6.03. The molecule has 11 heteroatoms. The van der Waals surface area contributed by atoms with Gasteiger partial charge in [0.2, 0.25) is 5.91 Å². The van der Waals surface area contributed by atoms with E-state index in [0.717, 1.165) is 17.7 Å². The Hall–Kier alpha value is -3.63. The van der Waals surface area contributed by atoms with Gasteiger partial charge in [-0.1, -0.05) is 30.3 Å². The number of nitrogens with zero attached hydrogens (tertiary/aromatic N) is 3. The number of benzene rings is 2. The summed E-state index contributed by atoms with van der Waals surface area (Å²) in [7, 11) is 1.28. The smallest absolute Gasteiger partial charge is 0.416 e. The largest absolute Gasteiger partial charge is 0.469 e. The van der Waals surface area contributed by atoms with E-state index in [-0.39, 0.29) is 43.6 Å². The molecule has 3 rings (SSSR count). The highest BCUT2D eigenvalue weighted by Crippen LogP contribution is 2.38. The summed E-state index contributed by atoms with van der Waals surface area (Å²) in [6.07, 6.45) is -3.89. The molecule has 1 aliphatic rings. The summed E-state index contributed by atoms with van der Waals surface area (Å²) in [6, 6.07) is 11.8. The van der Waals surface area contributed by atoms with Crippen molar-refractivity contribution in [1.82, 2.24) is 4.90 Å². The average Bonchev–Trinajstić information content (AvgIpc) is 2.85. The summed E-state index contributed by atoms with van der Waals surface area (Å²) < 4.78 is 43.7. The molecule has 2 aromatic rings. The van der Waals surface area contributed by atoms with Crippen molar-refractivity contribution in [3.63, 3.8) is 0 Å². The van der Waals surface area contributed by atoms with Gasteiger partial charge in [0.25, 0.3) is 5.69 Å². The summed E-state index contributed by atoms with van der Waals surface area (Å²) in [5.74, 6) is -0.944. The molecule has 8 nitrogen and oxygen atoms in total. The molecule has 0 aliphatic carbocycles. The van der Waals surface area contributed by atoms with Gasteiger partial charge >= 0.3 is 12.1 Å². The second-order valence-electron chi connectivity index (χ2n) is 8.29. The number of methoxy groups -OCH3 is 1. The second-order valence-corrected chi connectivity index (χ2v) is 8.29. The zero-order valence-electron chi connectivity index (χ0n) is 19.2. The van der Waals surface area contributed by atoms with Crippen LogP contribution in [0, 0.1) is 16.0 Å². The van der Waals surface area contributed by atoms with E-state index in [9.17, 15) is 32.9 Å². The highest BCUT2D eigenvalue weighted by molar-refractivity contribution is 5.80. The van der Waals surface area contributed by atoms with Gasteiger partial charge in [-0.3, -0.25) is 19.7 Å². The van der Waals surface area contributed by atoms with E-state index < -0.39 is 28.3 Å². The van der Waals surface area contributed by atoms with Crippen LogP contribution in [0.4, 0.5) is 24.5 Å². The molecule has 2 aromatic carbocycles. The van der Waals surface area contributed by atoms with E-state index in [2.05, 4.69) is 4.74 Å². The molecule has 1 heterocycles. The number of hydrogen-bond donors (Lipinski definition) is 0. The molecule has 188 valence electrons. The van der Waals surface area contributed by atoms with Crippen LogP contribution in [0.15, 0.2) is 48.5 Å². The van der Waals surface area contributed by atoms with Gasteiger partial charge in [-0.2, -0.15) is 13.2 Å². The molecule has 0 radical (unpaired) electrons. The third kappa shape index (κ3) is 6.71. The van der Waals surface area contributed by atoms with Gasteiger partial charge < -0.3 is 14.5 Å². The van der Waals surface area contributed by atoms with Crippen molar-refractivity contribution in [2.75, 3.05) is 31.6 Å². The van der Waals surface area contributed by atoms with Crippen molar-refractivity contribution in [3.8, 4) is 0 Å². The summed E-state index contributed by atoms with van der Waals surface area (Å²) >= 11 is 0. The first-order valence-electron chi connectivity index (χ1n) is 11.1. The Morgan fingerprint density at radius 3 is 2.37 bits per heavy atom. The molecule has 1 saturated heterocycles. The van der Waals surface area contributed by atoms with Crippen molar-refractivity contribution in [3.05, 3.63) is 69.8 Å². The predicted molar refractivity (Wildman–Crippen MR) is 122 cm³/mol. The first-order valence-corrected chi connectivity index (χ1v) is 11.1. The lowest BCUT2D eigenvalue weighted by Crippen LogP contribution is -2.43. The van der Waals surface area contributed by atoms with Crippen LogP contribution in [-0.4, -0.2) is 48.4 Å². The highest BCUT2D eigenvalue weighted by atomic mass is 19.4. The van der Waals surface area contributed by atoms with Crippen LogP contribution >= 0.6 is 0 Å². The molecule has 35 heavy (non-hydrogen) atoms. The molecule has 0 N–H and O–H groups in total. The number of carbonyl (C=O) groups excluding carboxylic acids is 2. The monoisotopic (exact) mass is 493 g/mol. The molecule has 0 unspecified atom stereocenters. The van der Waals surface area contributed by atoms with E-state index >= 15 is 0 Å². The van der Waals surface area contributed by atoms with Gasteiger partial charge in [0.05, 0.1) is 24.0 Å². The van der Waals surface area contributed by atoms with Gasteiger partial charge in [0.1, 0.15) is 5.69 Å². The molecule has 1 aliphatic heterocycles. The second kappa shape index (κ2) is 11.2. The Balaban J connectivity index is 1.71. The van der Waals surface area contributed by atoms with Gasteiger partial charge in [-0.25, -0.2) is 0 Å². The molecule has 1 fully saturated rings. The van der Waals surface area contributed by atoms with Crippen molar-refractivity contribution >= 4 is 23.3 Å². The third-order valence-electron chi connectivity index (χ3n) is 6.03. The number of anilines is 1. The minimum absolute atomic E-state index is 0.0473. The van der Waals surface area contributed by atoms with Gasteiger partial charge in [0, 0.05) is 38.2 Å². The molecule has 0 bridgehead atoms. The van der Waals surface area contributed by atoms with Crippen LogP contribution < -0.4 is 4.90 Å². The minimum atomic E-state index is -4.69. The standard InChI is InChI=1S/C24H26F3N3O5/c1-35-22(31)11-14-29(16-17-5-3-2-4-6-17)23(32)18-9-12-28(13-10-18)20-8-7-19(24(25,26)27)15-21(20)30(33)34/h2-8,15,18H,9-14,16H2,1H3. The van der Waals surface area contributed by atoms with E-state index in [4.69, 9.17) is 0 Å². The normalized spacial score (nSPS) is 14.5. The number of amides is 1. The van der Waals surface area contributed by atoms with Crippen LogP contribution in [0.1, 0.15) is 30.4 Å². The lowest BCUT2D eigenvalue weighted by molar-refractivity contribution is -0.384. The quantitative estimate of drug-likeness (QED) is 0.307. The highest BCUT2D eigenvalue weighted by Gasteiger charge is 2.35. The predicted octanol–water partition coefficient (Wildman–Crippen LogP) is 4.42. The number of nitro benzene ring substituents is 1. The van der Waals surface area contributed by atoms with E-state index in [0.29, 0.717) is 25.5 Å². The Bertz CT molecular complexity index is 1050. The maximum Gasteiger partial charge on any atom is 0.416 e. The molecule has 0 saturated carbocycles. The van der Waals surface area contributed by atoms with Crippen LogP contribution in [0.25, 0.3) is 0 Å². The van der Waals surface area contributed by atoms with E-state index in [1.165, 1.54) is 7.11 Å². The first kappa shape index (κ1) is 26.0. The van der Waals surface area contributed by atoms with Crippen molar-refractivity contribution in [2.45, 2.75) is 32.0 Å². The zero-order valence-corrected chi connectivity index (χ0v) is 19.2. The van der Waals surface area contributed by atoms with Crippen molar-refractivity contribution < 1.29 is 32.4 Å². The fourth-order valence-corrected chi connectivity index (χ4v) is 4.14. The van der Waals surface area contributed by atoms with Crippen LogP contribution in [0.3, 0.4) is 0 Å². The van der Waals surface area contributed by atoms with Crippen LogP contribution in [0.2, 0.25) is 0 Å². The molecule has 0 aromatic heterocycles. The number of hydrogen-bond acceptors (Lipinski definition) is 6. The number of piperidine rings is 1. The molecular formula is C24H26F3N3O5. The number of esters is 1. The molecule has 1 amide bonds. The number of alkyl halides is 3. The summed E-state index contributed by atoms with van der Waals surface area (Å²) in [4.78, 5) is 38.8. The SMILES string of the molecule is COC(=O)CCN(Cc1ccccc1)C(=O)C1CCN(c2ccc(C(F)(F)F)cc2[N+](=O)[O-])CC1. The molecular weight excluding hydrogens is 467 g/mol. The van der Waals surface area contributed by atoms with Crippen LogP contribution in [-0.2, 0) is 27.0 Å². The average molecular weight is 493 g/mol. The molecule has 0 atom stereocenters. The number of carbonyl (C=O) groups is 2.